The number of nitrogens with one attached hydrogen (secondary N) is 1. The number of benzene rings is 1. The Labute approximate surface area is 116 Å². The Morgan fingerprint density at radius 1 is 1.26 bits per heavy atom. The Morgan fingerprint density at radius 2 is 1.84 bits per heavy atom. The Morgan fingerprint density at radius 3 is 2.32 bits per heavy atom. The number of nitrogens with two attached hydrogens (primary N) is 1. The molecule has 1 atom stereocenters. The van der Waals surface area contributed by atoms with Crippen molar-refractivity contribution >= 4 is 0 Å². The van der Waals surface area contributed by atoms with Crippen molar-refractivity contribution in [1.29, 1.82) is 0 Å². The van der Waals surface area contributed by atoms with E-state index in [2.05, 4.69) is 37.5 Å². The van der Waals surface area contributed by atoms with Crippen LogP contribution in [-0.4, -0.2) is 18.8 Å². The summed E-state index contributed by atoms with van der Waals surface area (Å²) in [6.07, 6.45) is 5.60. The van der Waals surface area contributed by atoms with Crippen molar-refractivity contribution in [1.82, 2.24) is 5.43 Å². The van der Waals surface area contributed by atoms with Gasteiger partial charge in [0.2, 0.25) is 0 Å². The molecule has 0 saturated heterocycles. The molecule has 1 fully saturated rings. The van der Waals surface area contributed by atoms with Crippen LogP contribution in [0.5, 0.6) is 0 Å². The molecule has 19 heavy (non-hydrogen) atoms. The predicted octanol–water partition coefficient (Wildman–Crippen LogP) is 2.64. The van der Waals surface area contributed by atoms with Gasteiger partial charge in [0.1, 0.15) is 0 Å². The third-order valence-corrected chi connectivity index (χ3v) is 4.75. The average molecular weight is 262 g/mol. The molecular formula is C16H26N2O. The van der Waals surface area contributed by atoms with E-state index in [0.29, 0.717) is 0 Å². The molecule has 1 aliphatic rings. The molecule has 0 heterocycles. The van der Waals surface area contributed by atoms with Gasteiger partial charge in [-0.2, -0.15) is 0 Å². The number of aryl methyl sites for hydroxylation is 2. The zero-order chi connectivity index (χ0) is 13.9. The summed E-state index contributed by atoms with van der Waals surface area (Å²) in [5.41, 5.74) is 6.99. The van der Waals surface area contributed by atoms with Gasteiger partial charge in [-0.25, -0.2) is 0 Å². The van der Waals surface area contributed by atoms with Crippen molar-refractivity contribution in [3.05, 3.63) is 34.9 Å². The highest BCUT2D eigenvalue weighted by Gasteiger charge is 2.41. The quantitative estimate of drug-likeness (QED) is 0.633. The summed E-state index contributed by atoms with van der Waals surface area (Å²) in [4.78, 5) is 0. The molecule has 1 saturated carbocycles. The van der Waals surface area contributed by atoms with Gasteiger partial charge in [-0.3, -0.25) is 11.3 Å². The minimum atomic E-state index is -0.0938. The van der Waals surface area contributed by atoms with Crippen LogP contribution in [0, 0.1) is 13.8 Å². The Balaban J connectivity index is 2.24. The van der Waals surface area contributed by atoms with Gasteiger partial charge in [-0.1, -0.05) is 31.0 Å². The first-order valence-electron chi connectivity index (χ1n) is 7.19. The SMILES string of the molecule is COC1(C(Cc2c(C)cccc2C)NN)CCCC1. The smallest absolute Gasteiger partial charge is 0.0847 e. The largest absolute Gasteiger partial charge is 0.377 e. The van der Waals surface area contributed by atoms with Crippen LogP contribution >= 0.6 is 0 Å². The predicted molar refractivity (Wildman–Crippen MR) is 78.9 cm³/mol. The molecule has 3 heteroatoms. The van der Waals surface area contributed by atoms with Crippen molar-refractivity contribution in [3.63, 3.8) is 0 Å². The van der Waals surface area contributed by atoms with Gasteiger partial charge in [0.15, 0.2) is 0 Å². The summed E-state index contributed by atoms with van der Waals surface area (Å²) in [6, 6.07) is 6.63. The zero-order valence-corrected chi connectivity index (χ0v) is 12.3. The average Bonchev–Trinajstić information content (AvgIpc) is 2.88. The lowest BCUT2D eigenvalue weighted by atomic mass is 9.85. The van der Waals surface area contributed by atoms with Crippen molar-refractivity contribution in [2.75, 3.05) is 7.11 Å². The fourth-order valence-corrected chi connectivity index (χ4v) is 3.44. The second kappa shape index (κ2) is 6.04. The molecule has 3 N–H and O–H groups in total. The lowest BCUT2D eigenvalue weighted by Crippen LogP contribution is -2.54. The summed E-state index contributed by atoms with van der Waals surface area (Å²) in [5.74, 6) is 5.83. The van der Waals surface area contributed by atoms with E-state index in [0.717, 1.165) is 19.3 Å². The normalized spacial score (nSPS) is 19.6. The lowest BCUT2D eigenvalue weighted by Gasteiger charge is -2.36. The molecular weight excluding hydrogens is 236 g/mol. The topological polar surface area (TPSA) is 47.3 Å². The monoisotopic (exact) mass is 262 g/mol. The van der Waals surface area contributed by atoms with Crippen LogP contribution in [0.25, 0.3) is 0 Å². The molecule has 0 aromatic heterocycles. The number of hydrazine groups is 1. The van der Waals surface area contributed by atoms with E-state index >= 15 is 0 Å². The van der Waals surface area contributed by atoms with Gasteiger partial charge in [0, 0.05) is 7.11 Å². The first-order chi connectivity index (χ1) is 9.13. The molecule has 2 rings (SSSR count). The fraction of sp³-hybridized carbons (Fsp3) is 0.625. The van der Waals surface area contributed by atoms with Crippen LogP contribution in [0.3, 0.4) is 0 Å². The van der Waals surface area contributed by atoms with E-state index in [1.807, 2.05) is 7.11 Å². The van der Waals surface area contributed by atoms with E-state index in [1.54, 1.807) is 0 Å². The maximum absolute atomic E-state index is 5.86. The first-order valence-corrected chi connectivity index (χ1v) is 7.19. The van der Waals surface area contributed by atoms with Crippen LogP contribution in [0.2, 0.25) is 0 Å². The fourth-order valence-electron chi connectivity index (χ4n) is 3.44. The van der Waals surface area contributed by atoms with Gasteiger partial charge < -0.3 is 4.74 Å². The minimum absolute atomic E-state index is 0.0938. The Hall–Kier alpha value is -0.900. The van der Waals surface area contributed by atoms with Crippen LogP contribution in [0.4, 0.5) is 0 Å². The summed E-state index contributed by atoms with van der Waals surface area (Å²) in [7, 11) is 1.82. The van der Waals surface area contributed by atoms with Gasteiger partial charge in [-0.05, 0) is 49.8 Å². The second-order valence-corrected chi connectivity index (χ2v) is 5.77. The molecule has 1 aromatic carbocycles. The minimum Gasteiger partial charge on any atom is -0.377 e. The molecule has 1 aromatic rings. The van der Waals surface area contributed by atoms with E-state index in [-0.39, 0.29) is 11.6 Å². The first kappa shape index (κ1) is 14.5. The maximum atomic E-state index is 5.86. The van der Waals surface area contributed by atoms with Crippen LogP contribution in [-0.2, 0) is 11.2 Å². The molecule has 1 aliphatic carbocycles. The summed E-state index contributed by atoms with van der Waals surface area (Å²) in [5, 5.41) is 0. The van der Waals surface area contributed by atoms with Crippen LogP contribution < -0.4 is 11.3 Å². The zero-order valence-electron chi connectivity index (χ0n) is 12.3. The highest BCUT2D eigenvalue weighted by molar-refractivity contribution is 5.34. The molecule has 3 nitrogen and oxygen atoms in total. The van der Waals surface area contributed by atoms with Crippen LogP contribution in [0.1, 0.15) is 42.4 Å². The Bertz CT molecular complexity index is 405. The number of ether oxygens (including phenoxy) is 1. The summed E-state index contributed by atoms with van der Waals surface area (Å²) >= 11 is 0. The van der Waals surface area contributed by atoms with Crippen molar-refractivity contribution in [3.8, 4) is 0 Å². The molecule has 0 amide bonds. The van der Waals surface area contributed by atoms with Gasteiger partial charge in [0.05, 0.1) is 11.6 Å². The lowest BCUT2D eigenvalue weighted by molar-refractivity contribution is -0.0356. The molecule has 0 bridgehead atoms. The standard InChI is InChI=1S/C16H26N2O/c1-12-7-6-8-13(2)14(12)11-15(18-17)16(19-3)9-4-5-10-16/h6-8,15,18H,4-5,9-11,17H2,1-3H3. The van der Waals surface area contributed by atoms with Gasteiger partial charge in [-0.15, -0.1) is 0 Å². The summed E-state index contributed by atoms with van der Waals surface area (Å²) < 4.78 is 5.86. The van der Waals surface area contributed by atoms with Gasteiger partial charge in [0.25, 0.3) is 0 Å². The van der Waals surface area contributed by atoms with Gasteiger partial charge >= 0.3 is 0 Å². The molecule has 0 radical (unpaired) electrons. The van der Waals surface area contributed by atoms with E-state index < -0.39 is 0 Å². The molecule has 0 aliphatic heterocycles. The third-order valence-electron chi connectivity index (χ3n) is 4.75. The van der Waals surface area contributed by atoms with E-state index in [9.17, 15) is 0 Å². The number of hydrogen-bond acceptors (Lipinski definition) is 3. The Kier molecular flexibility index (Phi) is 4.61. The second-order valence-electron chi connectivity index (χ2n) is 5.77. The maximum Gasteiger partial charge on any atom is 0.0847 e. The number of hydrogen-bond donors (Lipinski definition) is 2. The molecule has 106 valence electrons. The summed E-state index contributed by atoms with van der Waals surface area (Å²) in [6.45, 7) is 4.34. The van der Waals surface area contributed by atoms with Crippen LogP contribution in [0.15, 0.2) is 18.2 Å². The molecule has 0 spiro atoms. The van der Waals surface area contributed by atoms with Crippen molar-refractivity contribution < 1.29 is 4.74 Å². The van der Waals surface area contributed by atoms with E-state index in [4.69, 9.17) is 10.6 Å². The van der Waals surface area contributed by atoms with Crippen molar-refractivity contribution in [2.24, 2.45) is 5.84 Å². The number of methoxy groups -OCH3 is 1. The van der Waals surface area contributed by atoms with Crippen molar-refractivity contribution in [2.45, 2.75) is 57.6 Å². The number of rotatable bonds is 5. The molecule has 1 unspecified atom stereocenters. The third kappa shape index (κ3) is 2.83. The highest BCUT2D eigenvalue weighted by Crippen LogP contribution is 2.37. The highest BCUT2D eigenvalue weighted by atomic mass is 16.5. The van der Waals surface area contributed by atoms with E-state index in [1.165, 1.54) is 29.5 Å².